The highest BCUT2D eigenvalue weighted by Gasteiger charge is 2.40. The van der Waals surface area contributed by atoms with Crippen molar-refractivity contribution in [1.29, 1.82) is 0 Å². The van der Waals surface area contributed by atoms with Gasteiger partial charge in [0.2, 0.25) is 0 Å². The largest absolute Gasteiger partial charge is 0.343 e. The van der Waals surface area contributed by atoms with Crippen molar-refractivity contribution >= 4 is 34.1 Å². The molecule has 0 fully saturated rings. The molecule has 1 amide bonds. The van der Waals surface area contributed by atoms with Gasteiger partial charge in [-0.05, 0) is 61.3 Å². The maximum absolute atomic E-state index is 13.5. The minimum atomic E-state index is -0.152. The molecule has 0 aliphatic heterocycles. The van der Waals surface area contributed by atoms with Gasteiger partial charge in [0.1, 0.15) is 5.69 Å². The molecule has 1 aliphatic rings. The molecule has 3 aromatic rings. The maximum Gasteiger partial charge on any atom is 0.268 e. The highest BCUT2D eigenvalue weighted by molar-refractivity contribution is 6.31. The van der Waals surface area contributed by atoms with Crippen molar-refractivity contribution in [2.75, 3.05) is 20.6 Å². The number of likely N-dealkylation sites (N-methyl/N-ethyl adjacent to an activating group) is 1. The Bertz CT molecular complexity index is 1200. The Labute approximate surface area is 188 Å². The number of amides is 1. The van der Waals surface area contributed by atoms with E-state index >= 15 is 0 Å². The van der Waals surface area contributed by atoms with Crippen LogP contribution in [0.25, 0.3) is 15.7 Å². The van der Waals surface area contributed by atoms with Gasteiger partial charge in [0, 0.05) is 29.0 Å². The van der Waals surface area contributed by atoms with Crippen LogP contribution in [-0.4, -0.2) is 36.0 Å². The summed E-state index contributed by atoms with van der Waals surface area (Å²) in [4.78, 5) is 19.2. The van der Waals surface area contributed by atoms with E-state index in [9.17, 15) is 4.79 Å². The van der Waals surface area contributed by atoms with Gasteiger partial charge in [-0.2, -0.15) is 0 Å². The van der Waals surface area contributed by atoms with E-state index in [1.54, 1.807) is 0 Å². The Balaban J connectivity index is 1.72. The van der Waals surface area contributed by atoms with Crippen molar-refractivity contribution < 1.29 is 4.79 Å². The number of nitrogens with one attached hydrogen (secondary N) is 1. The smallest absolute Gasteiger partial charge is 0.268 e. The van der Waals surface area contributed by atoms with Gasteiger partial charge in [0.15, 0.2) is 5.69 Å². The van der Waals surface area contributed by atoms with Crippen LogP contribution >= 0.6 is 11.6 Å². The molecule has 1 heterocycles. The van der Waals surface area contributed by atoms with Gasteiger partial charge < -0.3 is 14.8 Å². The summed E-state index contributed by atoms with van der Waals surface area (Å²) < 4.78 is 2.07. The fourth-order valence-corrected chi connectivity index (χ4v) is 4.72. The van der Waals surface area contributed by atoms with Gasteiger partial charge >= 0.3 is 0 Å². The summed E-state index contributed by atoms with van der Waals surface area (Å²) in [5, 5.41) is 4.90. The first-order valence-corrected chi connectivity index (χ1v) is 10.8. The zero-order chi connectivity index (χ0) is 22.3. The molecule has 1 aliphatic carbocycles. The predicted octanol–water partition coefficient (Wildman–Crippen LogP) is 5.46. The average Bonchev–Trinajstić information content (AvgIpc) is 3.19. The molecule has 1 atom stereocenters. The first-order chi connectivity index (χ1) is 14.7. The molecule has 6 heteroatoms. The second kappa shape index (κ2) is 8.03. The van der Waals surface area contributed by atoms with Gasteiger partial charge in [-0.15, -0.1) is 0 Å². The second-order valence-corrected chi connectivity index (χ2v) is 9.69. The number of hydrogen-bond acceptors (Lipinski definition) is 2. The lowest BCUT2D eigenvalue weighted by Crippen LogP contribution is -2.36. The minimum Gasteiger partial charge on any atom is -0.343 e. The summed E-state index contributed by atoms with van der Waals surface area (Å²) in [5.41, 5.74) is 4.34. The molecule has 1 aromatic heterocycles. The van der Waals surface area contributed by atoms with Gasteiger partial charge in [-0.3, -0.25) is 4.79 Å². The first kappa shape index (κ1) is 21.4. The Kier molecular flexibility index (Phi) is 5.55. The van der Waals surface area contributed by atoms with Gasteiger partial charge in [-0.25, -0.2) is 4.85 Å². The minimum absolute atomic E-state index is 0.106. The Morgan fingerprint density at radius 2 is 2.03 bits per heavy atom. The number of nitrogens with zero attached hydrogens (tertiary/aromatic N) is 3. The zero-order valence-corrected chi connectivity index (χ0v) is 19.1. The fraction of sp³-hybridized carbons (Fsp3) is 0.360. The molecule has 0 spiro atoms. The number of hydrogen-bond donors (Lipinski definition) is 1. The summed E-state index contributed by atoms with van der Waals surface area (Å²) >= 11 is 6.20. The van der Waals surface area contributed by atoms with E-state index < -0.39 is 0 Å². The van der Waals surface area contributed by atoms with E-state index in [-0.39, 0.29) is 17.4 Å². The number of rotatable bonds is 5. The van der Waals surface area contributed by atoms with Crippen LogP contribution in [0.5, 0.6) is 0 Å². The Hall–Kier alpha value is -2.81. The van der Waals surface area contributed by atoms with Crippen LogP contribution in [-0.2, 0) is 13.0 Å². The molecular formula is C25H27ClN4O. The Morgan fingerprint density at radius 3 is 2.74 bits per heavy atom. The highest BCUT2D eigenvalue weighted by Crippen LogP contribution is 2.46. The van der Waals surface area contributed by atoms with Crippen molar-refractivity contribution in [3.8, 4) is 0 Å². The molecule has 4 rings (SSSR count). The van der Waals surface area contributed by atoms with Crippen molar-refractivity contribution in [3.63, 3.8) is 0 Å². The number of carbonyl (C=O) groups is 1. The second-order valence-electron chi connectivity index (χ2n) is 9.25. The van der Waals surface area contributed by atoms with Crippen LogP contribution in [0.2, 0.25) is 5.02 Å². The van der Waals surface area contributed by atoms with Gasteiger partial charge in [0.05, 0.1) is 12.6 Å². The van der Waals surface area contributed by atoms with E-state index in [2.05, 4.69) is 33.5 Å². The van der Waals surface area contributed by atoms with Crippen molar-refractivity contribution in [3.05, 3.63) is 75.7 Å². The van der Waals surface area contributed by atoms with Crippen LogP contribution in [0, 0.1) is 12.0 Å². The van der Waals surface area contributed by atoms with E-state index in [4.69, 9.17) is 18.2 Å². The first-order valence-electron chi connectivity index (χ1n) is 10.4. The molecule has 2 aromatic carbocycles. The fourth-order valence-electron chi connectivity index (χ4n) is 4.54. The SMILES string of the molecule is [C-]#[N+]c1ccc2c(c1)[C@H](NC(=O)c1cc3cc(Cl)ccc3n1CCN(C)C)C(C)(C)C2. The van der Waals surface area contributed by atoms with Crippen molar-refractivity contribution in [2.45, 2.75) is 32.9 Å². The molecule has 0 saturated carbocycles. The standard InChI is InChI=1S/C25H27ClN4O/c1-25(2)15-16-6-8-19(27-3)14-20(16)23(25)28-24(31)22-13-17-12-18(26)7-9-21(17)30(22)11-10-29(4)5/h6-9,12-14,23H,10-11,15H2,1-2,4-5H3,(H,28,31)/t23-/m0/s1. The van der Waals surface area contributed by atoms with Crippen LogP contribution in [0.15, 0.2) is 42.5 Å². The quantitative estimate of drug-likeness (QED) is 0.541. The van der Waals surface area contributed by atoms with Crippen LogP contribution in [0.3, 0.4) is 0 Å². The van der Waals surface area contributed by atoms with E-state index in [1.165, 1.54) is 5.56 Å². The van der Waals surface area contributed by atoms with Crippen LogP contribution < -0.4 is 5.32 Å². The molecule has 0 radical (unpaired) electrons. The third kappa shape index (κ3) is 4.06. The molecule has 0 unspecified atom stereocenters. The lowest BCUT2D eigenvalue weighted by atomic mass is 9.85. The maximum atomic E-state index is 13.5. The lowest BCUT2D eigenvalue weighted by molar-refractivity contribution is 0.0894. The molecule has 0 saturated heterocycles. The van der Waals surface area contributed by atoms with E-state index in [1.807, 2.05) is 56.6 Å². The number of fused-ring (bicyclic) bond motifs is 2. The predicted molar refractivity (Wildman–Crippen MR) is 126 cm³/mol. The lowest BCUT2D eigenvalue weighted by Gasteiger charge is -2.29. The average molecular weight is 435 g/mol. The van der Waals surface area contributed by atoms with Gasteiger partial charge in [0.25, 0.3) is 5.91 Å². The van der Waals surface area contributed by atoms with E-state index in [0.29, 0.717) is 22.9 Å². The molecule has 1 N–H and O–H groups in total. The summed E-state index contributed by atoms with van der Waals surface area (Å²) in [7, 11) is 4.05. The van der Waals surface area contributed by atoms with Crippen LogP contribution in [0.4, 0.5) is 5.69 Å². The third-order valence-corrected chi connectivity index (χ3v) is 6.37. The zero-order valence-electron chi connectivity index (χ0n) is 18.4. The number of benzene rings is 2. The summed E-state index contributed by atoms with van der Waals surface area (Å²) in [5.74, 6) is -0.106. The van der Waals surface area contributed by atoms with Crippen LogP contribution in [0.1, 0.15) is 41.5 Å². The summed E-state index contributed by atoms with van der Waals surface area (Å²) in [6, 6.07) is 13.3. The van der Waals surface area contributed by atoms with E-state index in [0.717, 1.165) is 29.4 Å². The third-order valence-electron chi connectivity index (χ3n) is 6.14. The van der Waals surface area contributed by atoms with Crippen molar-refractivity contribution in [2.24, 2.45) is 5.41 Å². The van der Waals surface area contributed by atoms with Crippen molar-refractivity contribution in [1.82, 2.24) is 14.8 Å². The highest BCUT2D eigenvalue weighted by atomic mass is 35.5. The van der Waals surface area contributed by atoms with Gasteiger partial charge in [-0.1, -0.05) is 43.6 Å². The molecule has 5 nitrogen and oxygen atoms in total. The number of carbonyl (C=O) groups excluding carboxylic acids is 1. The Morgan fingerprint density at radius 1 is 1.26 bits per heavy atom. The molecule has 0 bridgehead atoms. The molecule has 31 heavy (non-hydrogen) atoms. The molecular weight excluding hydrogens is 408 g/mol. The summed E-state index contributed by atoms with van der Waals surface area (Å²) in [6.07, 6.45) is 0.866. The monoisotopic (exact) mass is 434 g/mol. The summed E-state index contributed by atoms with van der Waals surface area (Å²) in [6.45, 7) is 13.2. The normalized spacial score (nSPS) is 17.0. The molecule has 160 valence electrons. The topological polar surface area (TPSA) is 41.6 Å². The number of halogens is 1. The number of aromatic nitrogens is 1.